The summed E-state index contributed by atoms with van der Waals surface area (Å²) >= 11 is 0. The second-order valence-electron chi connectivity index (χ2n) is 4.34. The molecule has 2 N–H and O–H groups in total. The summed E-state index contributed by atoms with van der Waals surface area (Å²) < 4.78 is 2.02. The topological polar surface area (TPSA) is 60.0 Å². The quantitative estimate of drug-likeness (QED) is 0.852. The van der Waals surface area contributed by atoms with Crippen LogP contribution in [0.25, 0.3) is 0 Å². The molecule has 18 heavy (non-hydrogen) atoms. The molecular formula is C13H19N5. The zero-order valence-electron chi connectivity index (χ0n) is 10.9. The Morgan fingerprint density at radius 2 is 2.17 bits per heavy atom. The van der Waals surface area contributed by atoms with E-state index in [-0.39, 0.29) is 0 Å². The van der Waals surface area contributed by atoms with Gasteiger partial charge in [-0.15, -0.1) is 0 Å². The van der Waals surface area contributed by atoms with Gasteiger partial charge in [0, 0.05) is 32.7 Å². The molecule has 5 nitrogen and oxygen atoms in total. The second kappa shape index (κ2) is 5.64. The van der Waals surface area contributed by atoms with Crippen LogP contribution in [0.5, 0.6) is 0 Å². The van der Waals surface area contributed by atoms with Crippen LogP contribution in [0.1, 0.15) is 11.4 Å². The zero-order chi connectivity index (χ0) is 13.0. The van der Waals surface area contributed by atoms with Crippen molar-refractivity contribution < 1.29 is 0 Å². The lowest BCUT2D eigenvalue weighted by atomic mass is 10.2. The molecular weight excluding hydrogens is 226 g/mol. The molecule has 0 aliphatic rings. The standard InChI is InChI=1S/C13H19N5/c1-17-9-8-15-12(17)10-18(2)13-11(5-6-14)4-3-7-16-13/h3-4,7-9H,5-6,10,14H2,1-2H3. The number of pyridine rings is 1. The Balaban J connectivity index is 2.18. The molecule has 2 rings (SSSR count). The summed E-state index contributed by atoms with van der Waals surface area (Å²) in [6.45, 7) is 1.37. The third-order valence-corrected chi connectivity index (χ3v) is 2.94. The largest absolute Gasteiger partial charge is 0.352 e. The summed E-state index contributed by atoms with van der Waals surface area (Å²) in [5.41, 5.74) is 6.80. The highest BCUT2D eigenvalue weighted by atomic mass is 15.2. The Labute approximate surface area is 107 Å². The van der Waals surface area contributed by atoms with Gasteiger partial charge in [0.2, 0.25) is 0 Å². The molecule has 0 aliphatic carbocycles. The summed E-state index contributed by atoms with van der Waals surface area (Å²) in [6.07, 6.45) is 6.41. The third kappa shape index (κ3) is 2.68. The number of rotatable bonds is 5. The first kappa shape index (κ1) is 12.6. The number of hydrogen-bond donors (Lipinski definition) is 1. The Morgan fingerprint density at radius 1 is 1.33 bits per heavy atom. The van der Waals surface area contributed by atoms with Gasteiger partial charge in [-0.1, -0.05) is 6.07 Å². The van der Waals surface area contributed by atoms with Crippen molar-refractivity contribution >= 4 is 5.82 Å². The highest BCUT2D eigenvalue weighted by molar-refractivity contribution is 5.46. The molecule has 0 aliphatic heterocycles. The maximum absolute atomic E-state index is 5.63. The first-order valence-electron chi connectivity index (χ1n) is 6.03. The number of hydrogen-bond acceptors (Lipinski definition) is 4. The van der Waals surface area contributed by atoms with Crippen LogP contribution in [0.3, 0.4) is 0 Å². The molecule has 5 heteroatoms. The van der Waals surface area contributed by atoms with E-state index >= 15 is 0 Å². The van der Waals surface area contributed by atoms with Gasteiger partial charge in [-0.25, -0.2) is 9.97 Å². The predicted molar refractivity (Wildman–Crippen MR) is 72.3 cm³/mol. The van der Waals surface area contributed by atoms with Gasteiger partial charge in [0.15, 0.2) is 0 Å². The van der Waals surface area contributed by atoms with Crippen LogP contribution >= 0.6 is 0 Å². The molecule has 0 bridgehead atoms. The van der Waals surface area contributed by atoms with Crippen LogP contribution < -0.4 is 10.6 Å². The lowest BCUT2D eigenvalue weighted by Gasteiger charge is -2.20. The Morgan fingerprint density at radius 3 is 2.83 bits per heavy atom. The van der Waals surface area contributed by atoms with E-state index in [1.165, 1.54) is 5.56 Å². The van der Waals surface area contributed by atoms with Crippen LogP contribution in [0, 0.1) is 0 Å². The minimum atomic E-state index is 0.634. The fourth-order valence-corrected chi connectivity index (χ4v) is 1.96. The van der Waals surface area contributed by atoms with E-state index in [0.29, 0.717) is 6.54 Å². The van der Waals surface area contributed by atoms with Gasteiger partial charge in [0.25, 0.3) is 0 Å². The number of imidazole rings is 1. The summed E-state index contributed by atoms with van der Waals surface area (Å²) in [7, 11) is 4.02. The molecule has 2 heterocycles. The molecule has 0 fully saturated rings. The number of nitrogens with two attached hydrogens (primary N) is 1. The number of aryl methyl sites for hydroxylation is 1. The summed E-state index contributed by atoms with van der Waals surface area (Å²) in [5.74, 6) is 1.99. The van der Waals surface area contributed by atoms with Gasteiger partial charge in [-0.2, -0.15) is 0 Å². The maximum atomic E-state index is 5.63. The lowest BCUT2D eigenvalue weighted by Crippen LogP contribution is -2.22. The van der Waals surface area contributed by atoms with Gasteiger partial charge in [0.1, 0.15) is 11.6 Å². The summed E-state index contributed by atoms with van der Waals surface area (Å²) in [6, 6.07) is 4.02. The Kier molecular flexibility index (Phi) is 3.94. The second-order valence-corrected chi connectivity index (χ2v) is 4.34. The van der Waals surface area contributed by atoms with Gasteiger partial charge in [0.05, 0.1) is 6.54 Å². The summed E-state index contributed by atoms with van der Waals surface area (Å²) in [5, 5.41) is 0. The molecule has 0 saturated heterocycles. The molecule has 96 valence electrons. The average molecular weight is 245 g/mol. The molecule has 0 saturated carbocycles. The predicted octanol–water partition coefficient (Wildman–Crippen LogP) is 0.953. The van der Waals surface area contributed by atoms with Crippen LogP contribution in [0.15, 0.2) is 30.7 Å². The number of anilines is 1. The van der Waals surface area contributed by atoms with E-state index in [0.717, 1.165) is 24.6 Å². The first-order valence-corrected chi connectivity index (χ1v) is 6.03. The van der Waals surface area contributed by atoms with Crippen LogP contribution in [0.4, 0.5) is 5.82 Å². The SMILES string of the molecule is CN(Cc1nccn1C)c1ncccc1CCN. The highest BCUT2D eigenvalue weighted by Crippen LogP contribution is 2.17. The van der Waals surface area contributed by atoms with Gasteiger partial charge in [-0.3, -0.25) is 0 Å². The van der Waals surface area contributed by atoms with Gasteiger partial charge < -0.3 is 15.2 Å². The molecule has 0 aromatic carbocycles. The van der Waals surface area contributed by atoms with E-state index in [2.05, 4.69) is 20.9 Å². The monoisotopic (exact) mass is 245 g/mol. The van der Waals surface area contributed by atoms with E-state index in [1.54, 1.807) is 0 Å². The Bertz CT molecular complexity index is 506. The smallest absolute Gasteiger partial charge is 0.131 e. The first-order chi connectivity index (χ1) is 8.72. The normalized spacial score (nSPS) is 10.6. The van der Waals surface area contributed by atoms with Gasteiger partial charge in [-0.05, 0) is 24.6 Å². The van der Waals surface area contributed by atoms with Gasteiger partial charge >= 0.3 is 0 Å². The molecule has 0 unspecified atom stereocenters. The van der Waals surface area contributed by atoms with Crippen molar-refractivity contribution in [2.45, 2.75) is 13.0 Å². The van der Waals surface area contributed by atoms with Crippen molar-refractivity contribution in [1.82, 2.24) is 14.5 Å². The fraction of sp³-hybridized carbons (Fsp3) is 0.385. The molecule has 2 aromatic rings. The fourth-order valence-electron chi connectivity index (χ4n) is 1.96. The van der Waals surface area contributed by atoms with E-state index < -0.39 is 0 Å². The Hall–Kier alpha value is -1.88. The zero-order valence-corrected chi connectivity index (χ0v) is 10.9. The third-order valence-electron chi connectivity index (χ3n) is 2.94. The highest BCUT2D eigenvalue weighted by Gasteiger charge is 2.10. The van der Waals surface area contributed by atoms with Crippen molar-refractivity contribution in [2.24, 2.45) is 12.8 Å². The molecule has 0 radical (unpaired) electrons. The minimum Gasteiger partial charge on any atom is -0.352 e. The van der Waals surface area contributed by atoms with Crippen LogP contribution in [0.2, 0.25) is 0 Å². The lowest BCUT2D eigenvalue weighted by molar-refractivity contribution is 0.751. The van der Waals surface area contributed by atoms with Crippen molar-refractivity contribution in [3.05, 3.63) is 42.1 Å². The molecule has 0 amide bonds. The van der Waals surface area contributed by atoms with Crippen molar-refractivity contribution in [3.8, 4) is 0 Å². The van der Waals surface area contributed by atoms with E-state index in [1.807, 2.05) is 43.3 Å². The van der Waals surface area contributed by atoms with E-state index in [9.17, 15) is 0 Å². The minimum absolute atomic E-state index is 0.634. The number of aromatic nitrogens is 3. The maximum Gasteiger partial charge on any atom is 0.131 e. The van der Waals surface area contributed by atoms with Crippen LogP contribution in [-0.2, 0) is 20.0 Å². The van der Waals surface area contributed by atoms with Crippen LogP contribution in [-0.4, -0.2) is 28.1 Å². The summed E-state index contributed by atoms with van der Waals surface area (Å²) in [4.78, 5) is 10.9. The molecule has 0 atom stereocenters. The van der Waals surface area contributed by atoms with Crippen molar-refractivity contribution in [2.75, 3.05) is 18.5 Å². The van der Waals surface area contributed by atoms with E-state index in [4.69, 9.17) is 5.73 Å². The molecule has 2 aromatic heterocycles. The molecule has 0 spiro atoms. The number of nitrogens with zero attached hydrogens (tertiary/aromatic N) is 4. The average Bonchev–Trinajstić information content (AvgIpc) is 2.76. The van der Waals surface area contributed by atoms with Crippen molar-refractivity contribution in [1.29, 1.82) is 0 Å². The van der Waals surface area contributed by atoms with Crippen molar-refractivity contribution in [3.63, 3.8) is 0 Å².